The third-order valence-corrected chi connectivity index (χ3v) is 9.63. The van der Waals surface area contributed by atoms with Crippen LogP contribution in [0, 0.1) is 11.8 Å². The average Bonchev–Trinajstić information content (AvgIpc) is 3.43. The number of aliphatic hydroxyl groups excluding tert-OH is 1. The molecule has 3 amide bonds. The summed E-state index contributed by atoms with van der Waals surface area (Å²) >= 11 is 0. The summed E-state index contributed by atoms with van der Waals surface area (Å²) in [7, 11) is 0. The Morgan fingerprint density at radius 3 is 2.35 bits per heavy atom. The van der Waals surface area contributed by atoms with Gasteiger partial charge in [0.1, 0.15) is 23.7 Å². The lowest BCUT2D eigenvalue weighted by atomic mass is 9.77. The van der Waals surface area contributed by atoms with E-state index >= 15 is 0 Å². The van der Waals surface area contributed by atoms with Crippen LogP contribution in [-0.2, 0) is 28.7 Å². The second-order valence-corrected chi connectivity index (χ2v) is 12.8. The van der Waals surface area contributed by atoms with Crippen LogP contribution in [0.15, 0.2) is 85.0 Å². The summed E-state index contributed by atoms with van der Waals surface area (Å²) in [5.41, 5.74) is -0.141. The number of carbonyl (C=O) groups is 4. The maximum absolute atomic E-state index is 14.8. The highest BCUT2D eigenvalue weighted by atomic mass is 16.6. The predicted molar refractivity (Wildman–Crippen MR) is 169 cm³/mol. The Kier molecular flexibility index (Phi) is 8.85. The van der Waals surface area contributed by atoms with Crippen LogP contribution in [0.3, 0.4) is 0 Å². The number of likely N-dealkylation sites (tertiary alicyclic amines) is 1. The van der Waals surface area contributed by atoms with Crippen molar-refractivity contribution in [1.82, 2.24) is 15.1 Å². The van der Waals surface area contributed by atoms with E-state index in [2.05, 4.69) is 5.32 Å². The first kappa shape index (κ1) is 31.7. The van der Waals surface area contributed by atoms with Crippen LogP contribution < -0.4 is 5.32 Å². The third kappa shape index (κ3) is 5.43. The topological polar surface area (TPSA) is 125 Å². The first-order valence-electron chi connectivity index (χ1n) is 16.0. The van der Waals surface area contributed by atoms with Gasteiger partial charge in [0.25, 0.3) is 0 Å². The summed E-state index contributed by atoms with van der Waals surface area (Å²) in [6.45, 7) is 5.47. The largest absolute Gasteiger partial charge is 0.455 e. The molecule has 0 radical (unpaired) electrons. The number of allylic oxidation sites excluding steroid dienone is 1. The van der Waals surface area contributed by atoms with Gasteiger partial charge in [-0.2, -0.15) is 0 Å². The minimum atomic E-state index is -1.50. The van der Waals surface area contributed by atoms with Crippen molar-refractivity contribution in [3.63, 3.8) is 0 Å². The Labute approximate surface area is 269 Å². The molecule has 1 spiro atoms. The van der Waals surface area contributed by atoms with E-state index in [9.17, 15) is 24.3 Å². The number of nitrogens with zero attached hydrogens (tertiary/aromatic N) is 2. The number of carbonyl (C=O) groups excluding carboxylic acids is 4. The summed E-state index contributed by atoms with van der Waals surface area (Å²) in [6, 6.07) is 15.5. The molecule has 4 aliphatic heterocycles. The van der Waals surface area contributed by atoms with Crippen LogP contribution in [0.1, 0.15) is 56.9 Å². The van der Waals surface area contributed by atoms with Crippen LogP contribution in [0.4, 0.5) is 0 Å². The normalized spacial score (nSPS) is 32.8. The molecule has 8 atom stereocenters. The summed E-state index contributed by atoms with van der Waals surface area (Å²) < 4.78 is 13.0. The zero-order chi connectivity index (χ0) is 32.6. The summed E-state index contributed by atoms with van der Waals surface area (Å²) in [6.07, 6.45) is 5.98. The highest BCUT2D eigenvalue weighted by Crippen LogP contribution is 2.55. The first-order valence-corrected chi connectivity index (χ1v) is 16.0. The number of cyclic esters (lactones) is 1. The van der Waals surface area contributed by atoms with Gasteiger partial charge in [-0.05, 0) is 38.3 Å². The molecule has 242 valence electrons. The zero-order valence-electron chi connectivity index (χ0n) is 26.3. The lowest BCUT2D eigenvalue weighted by molar-refractivity contribution is -0.162. The molecule has 0 unspecified atom stereocenters. The quantitative estimate of drug-likeness (QED) is 0.385. The fraction of sp³-hybridized carbons (Fsp3) is 0.444. The third-order valence-electron chi connectivity index (χ3n) is 9.63. The number of esters is 1. The molecular weight excluding hydrogens is 586 g/mol. The maximum Gasteiger partial charge on any atom is 0.313 e. The van der Waals surface area contributed by atoms with Crippen molar-refractivity contribution in [3.8, 4) is 0 Å². The number of benzene rings is 2. The molecule has 10 heteroatoms. The van der Waals surface area contributed by atoms with Crippen molar-refractivity contribution in [3.05, 3.63) is 96.1 Å². The molecule has 6 rings (SSSR count). The van der Waals surface area contributed by atoms with Crippen molar-refractivity contribution in [2.45, 2.75) is 75.6 Å². The van der Waals surface area contributed by atoms with Crippen LogP contribution in [-0.4, -0.2) is 81.6 Å². The van der Waals surface area contributed by atoms with Gasteiger partial charge in [0.05, 0.1) is 30.7 Å². The smallest absolute Gasteiger partial charge is 0.313 e. The number of amides is 3. The van der Waals surface area contributed by atoms with Gasteiger partial charge in [-0.3, -0.25) is 19.2 Å². The van der Waals surface area contributed by atoms with E-state index in [1.807, 2.05) is 80.6 Å². The van der Waals surface area contributed by atoms with Gasteiger partial charge < -0.3 is 29.7 Å². The number of nitrogens with one attached hydrogen (secondary N) is 1. The molecule has 0 aliphatic carbocycles. The minimum Gasteiger partial charge on any atom is -0.455 e. The average molecular weight is 628 g/mol. The first-order chi connectivity index (χ1) is 22.2. The molecule has 0 saturated carbocycles. The Balaban J connectivity index is 1.49. The van der Waals surface area contributed by atoms with E-state index in [1.165, 1.54) is 4.90 Å². The van der Waals surface area contributed by atoms with Gasteiger partial charge in [0.2, 0.25) is 17.7 Å². The molecule has 2 saturated heterocycles. The SMILES string of the molecule is CC(C)N1CC=C[C@]23O[C@@H]4/C=C\CCC(=O)N[C@H](C)[C@@H](c5ccccc5)OC(=O)[C@@H]4[C@H]2C(=O)N([C@H](CO)c2ccccc2)[C@@H]3C1=O. The van der Waals surface area contributed by atoms with Crippen molar-refractivity contribution >= 4 is 23.7 Å². The van der Waals surface area contributed by atoms with Crippen molar-refractivity contribution in [1.29, 1.82) is 0 Å². The number of fused-ring (bicyclic) bond motifs is 2. The van der Waals surface area contributed by atoms with Crippen LogP contribution >= 0.6 is 0 Å². The van der Waals surface area contributed by atoms with E-state index in [0.29, 0.717) is 24.1 Å². The van der Waals surface area contributed by atoms with Crippen LogP contribution in [0.2, 0.25) is 0 Å². The summed E-state index contributed by atoms with van der Waals surface area (Å²) in [5, 5.41) is 13.7. The van der Waals surface area contributed by atoms with Crippen molar-refractivity contribution < 1.29 is 33.8 Å². The van der Waals surface area contributed by atoms with E-state index in [0.717, 1.165) is 0 Å². The monoisotopic (exact) mass is 627 g/mol. The predicted octanol–water partition coefficient (Wildman–Crippen LogP) is 3.25. The van der Waals surface area contributed by atoms with Gasteiger partial charge in [0.15, 0.2) is 0 Å². The Hall–Kier alpha value is -4.28. The molecule has 2 fully saturated rings. The van der Waals surface area contributed by atoms with Gasteiger partial charge in [-0.1, -0.05) is 85.0 Å². The second-order valence-electron chi connectivity index (χ2n) is 12.8. The van der Waals surface area contributed by atoms with Gasteiger partial charge >= 0.3 is 5.97 Å². The maximum atomic E-state index is 14.8. The number of aliphatic hydroxyl groups is 1. The van der Waals surface area contributed by atoms with Crippen LogP contribution in [0.25, 0.3) is 0 Å². The van der Waals surface area contributed by atoms with E-state index in [1.54, 1.807) is 30.1 Å². The number of hydrogen-bond donors (Lipinski definition) is 2. The van der Waals surface area contributed by atoms with Gasteiger partial charge in [-0.25, -0.2) is 0 Å². The van der Waals surface area contributed by atoms with Gasteiger partial charge in [0, 0.05) is 19.0 Å². The molecule has 4 heterocycles. The minimum absolute atomic E-state index is 0.176. The van der Waals surface area contributed by atoms with Gasteiger partial charge in [-0.15, -0.1) is 0 Å². The second kappa shape index (κ2) is 12.8. The Morgan fingerprint density at radius 1 is 0.978 bits per heavy atom. The highest BCUT2D eigenvalue weighted by Gasteiger charge is 2.72. The number of ether oxygens (including phenoxy) is 2. The molecule has 46 heavy (non-hydrogen) atoms. The number of hydrogen-bond acceptors (Lipinski definition) is 7. The van der Waals surface area contributed by atoms with Crippen molar-refractivity contribution in [2.75, 3.05) is 13.2 Å². The number of rotatable bonds is 5. The lowest BCUT2D eigenvalue weighted by Gasteiger charge is -2.39. The van der Waals surface area contributed by atoms with Crippen LogP contribution in [0.5, 0.6) is 0 Å². The summed E-state index contributed by atoms with van der Waals surface area (Å²) in [5.74, 6) is -3.81. The van der Waals surface area contributed by atoms with E-state index < -0.39 is 66.3 Å². The molecular formula is C36H41N3O7. The molecule has 2 N–H and O–H groups in total. The Morgan fingerprint density at radius 2 is 1.67 bits per heavy atom. The van der Waals surface area contributed by atoms with E-state index in [-0.39, 0.29) is 24.3 Å². The molecule has 0 bridgehead atoms. The zero-order valence-corrected chi connectivity index (χ0v) is 26.3. The molecule has 0 aromatic heterocycles. The standard InChI is InChI=1S/C36H41N3O7/c1-22(2)38-20-12-19-36-30(33(42)39(32(36)34(38)43)26(21-40)24-13-6-4-7-14-24)29-27(46-36)17-10-11-18-28(41)37-23(3)31(45-35(29)44)25-15-8-5-9-16-25/h4-10,12-17,19,22-23,26-27,29-32,40H,11,18,20-21H2,1-3H3,(H,37,41)/b17-10-/t23-,26-,27-,29+,30+,31+,32-,36+/m1/s1. The molecule has 2 aromatic rings. The fourth-order valence-corrected chi connectivity index (χ4v) is 7.49. The molecule has 2 aromatic carbocycles. The Bertz CT molecular complexity index is 1530. The molecule has 4 aliphatic rings. The van der Waals surface area contributed by atoms with E-state index in [4.69, 9.17) is 9.47 Å². The highest BCUT2D eigenvalue weighted by molar-refractivity contribution is 5.99. The molecule has 10 nitrogen and oxygen atoms in total. The van der Waals surface area contributed by atoms with Crippen molar-refractivity contribution in [2.24, 2.45) is 11.8 Å². The lowest BCUT2D eigenvalue weighted by Crippen LogP contribution is -2.57. The summed E-state index contributed by atoms with van der Waals surface area (Å²) in [4.78, 5) is 59.7. The fourth-order valence-electron chi connectivity index (χ4n) is 7.49.